The first-order valence-electron chi connectivity index (χ1n) is 10.9. The SMILES string of the molecule is CC(C)C(N)C(=O)NC(CC(N)=O)C(=O)NC(CCCCN)C(=O)N1CCCC1C(=O)O. The second kappa shape index (κ2) is 13.0. The van der Waals surface area contributed by atoms with Gasteiger partial charge in [-0.1, -0.05) is 13.8 Å². The summed E-state index contributed by atoms with van der Waals surface area (Å²) in [6.07, 6.45) is 1.75. The van der Waals surface area contributed by atoms with Crippen LogP contribution in [0.4, 0.5) is 0 Å². The van der Waals surface area contributed by atoms with Crippen LogP contribution in [-0.2, 0) is 24.0 Å². The van der Waals surface area contributed by atoms with Crippen molar-refractivity contribution >= 4 is 29.6 Å². The molecule has 1 aliphatic rings. The summed E-state index contributed by atoms with van der Waals surface area (Å²) in [5.74, 6) is -4.06. The van der Waals surface area contributed by atoms with Crippen molar-refractivity contribution in [3.63, 3.8) is 0 Å². The normalized spacial score (nSPS) is 18.7. The standard InChI is InChI=1S/C20H36N6O6/c1-11(2)16(23)18(29)25-13(10-15(22)27)17(28)24-12(6-3-4-8-21)19(30)26-9-5-7-14(26)20(31)32/h11-14,16H,3-10,21,23H2,1-2H3,(H2,22,27)(H,24,28)(H,25,29)(H,31,32). The number of nitrogens with two attached hydrogens (primary N) is 3. The van der Waals surface area contributed by atoms with E-state index in [1.54, 1.807) is 13.8 Å². The molecule has 32 heavy (non-hydrogen) atoms. The molecule has 4 amide bonds. The van der Waals surface area contributed by atoms with Crippen molar-refractivity contribution in [3.8, 4) is 0 Å². The Labute approximate surface area is 187 Å². The third-order valence-corrected chi connectivity index (χ3v) is 5.44. The van der Waals surface area contributed by atoms with E-state index in [2.05, 4.69) is 10.6 Å². The number of carboxylic acid groups (broad SMARTS) is 1. The van der Waals surface area contributed by atoms with Crippen LogP contribution in [0.5, 0.6) is 0 Å². The number of rotatable bonds is 13. The summed E-state index contributed by atoms with van der Waals surface area (Å²) < 4.78 is 0. The van der Waals surface area contributed by atoms with Crippen LogP contribution in [0, 0.1) is 5.92 Å². The highest BCUT2D eigenvalue weighted by molar-refractivity contribution is 5.96. The number of carbonyl (C=O) groups excluding carboxylic acids is 4. The van der Waals surface area contributed by atoms with E-state index in [1.165, 1.54) is 4.90 Å². The number of primary amides is 1. The Morgan fingerprint density at radius 1 is 1.06 bits per heavy atom. The molecule has 0 radical (unpaired) electrons. The Balaban J connectivity index is 3.01. The van der Waals surface area contributed by atoms with Gasteiger partial charge in [-0.25, -0.2) is 4.79 Å². The summed E-state index contributed by atoms with van der Waals surface area (Å²) in [7, 11) is 0. The summed E-state index contributed by atoms with van der Waals surface area (Å²) in [5.41, 5.74) is 16.6. The van der Waals surface area contributed by atoms with Crippen LogP contribution in [0.3, 0.4) is 0 Å². The molecule has 1 rings (SSSR count). The lowest BCUT2D eigenvalue weighted by molar-refractivity contribution is -0.149. The molecule has 0 bridgehead atoms. The van der Waals surface area contributed by atoms with Crippen LogP contribution in [0.2, 0.25) is 0 Å². The largest absolute Gasteiger partial charge is 0.480 e. The van der Waals surface area contributed by atoms with Gasteiger partial charge in [0.25, 0.3) is 0 Å². The van der Waals surface area contributed by atoms with Gasteiger partial charge >= 0.3 is 5.97 Å². The quantitative estimate of drug-likeness (QED) is 0.170. The Hall–Kier alpha value is -2.73. The van der Waals surface area contributed by atoms with Gasteiger partial charge in [-0.2, -0.15) is 0 Å². The Kier molecular flexibility index (Phi) is 11.1. The summed E-state index contributed by atoms with van der Waals surface area (Å²) in [5, 5.41) is 14.4. The number of nitrogens with zero attached hydrogens (tertiary/aromatic N) is 1. The van der Waals surface area contributed by atoms with E-state index in [1.807, 2.05) is 0 Å². The molecule has 1 saturated heterocycles. The first kappa shape index (κ1) is 27.3. The smallest absolute Gasteiger partial charge is 0.326 e. The second-order valence-corrected chi connectivity index (χ2v) is 8.37. The highest BCUT2D eigenvalue weighted by atomic mass is 16.4. The number of carboxylic acids is 1. The predicted octanol–water partition coefficient (Wildman–Crippen LogP) is -1.98. The van der Waals surface area contributed by atoms with Crippen molar-refractivity contribution in [3.05, 3.63) is 0 Å². The van der Waals surface area contributed by atoms with Crippen LogP contribution in [0.25, 0.3) is 0 Å². The van der Waals surface area contributed by atoms with Crippen molar-refractivity contribution in [1.82, 2.24) is 15.5 Å². The molecule has 1 fully saturated rings. The van der Waals surface area contributed by atoms with Crippen molar-refractivity contribution in [1.29, 1.82) is 0 Å². The van der Waals surface area contributed by atoms with Gasteiger partial charge in [0.1, 0.15) is 18.1 Å². The van der Waals surface area contributed by atoms with Crippen LogP contribution < -0.4 is 27.8 Å². The first-order valence-corrected chi connectivity index (χ1v) is 10.9. The number of carbonyl (C=O) groups is 5. The maximum absolute atomic E-state index is 13.1. The van der Waals surface area contributed by atoms with E-state index in [0.717, 1.165) is 0 Å². The van der Waals surface area contributed by atoms with E-state index >= 15 is 0 Å². The van der Waals surface area contributed by atoms with E-state index < -0.39 is 60.2 Å². The number of nitrogens with one attached hydrogen (secondary N) is 2. The van der Waals surface area contributed by atoms with Crippen LogP contribution in [-0.4, -0.2) is 76.9 Å². The van der Waals surface area contributed by atoms with Crippen LogP contribution in [0.1, 0.15) is 52.4 Å². The molecule has 0 saturated carbocycles. The topological polar surface area (TPSA) is 211 Å². The third-order valence-electron chi connectivity index (χ3n) is 5.44. The van der Waals surface area contributed by atoms with Gasteiger partial charge in [-0.05, 0) is 44.6 Å². The highest BCUT2D eigenvalue weighted by Crippen LogP contribution is 2.20. The van der Waals surface area contributed by atoms with Crippen molar-refractivity contribution in [2.75, 3.05) is 13.1 Å². The molecule has 0 aromatic rings. The van der Waals surface area contributed by atoms with Gasteiger partial charge in [0.2, 0.25) is 23.6 Å². The molecule has 4 atom stereocenters. The number of amides is 4. The van der Waals surface area contributed by atoms with Crippen molar-refractivity contribution in [2.24, 2.45) is 23.1 Å². The summed E-state index contributed by atoms with van der Waals surface area (Å²) >= 11 is 0. The summed E-state index contributed by atoms with van der Waals surface area (Å²) in [6, 6.07) is -4.20. The molecule has 1 aliphatic heterocycles. The van der Waals surface area contributed by atoms with E-state index in [0.29, 0.717) is 32.2 Å². The zero-order valence-corrected chi connectivity index (χ0v) is 18.7. The zero-order valence-electron chi connectivity index (χ0n) is 18.7. The minimum Gasteiger partial charge on any atom is -0.480 e. The molecule has 0 aromatic carbocycles. The molecule has 4 unspecified atom stereocenters. The molecule has 1 heterocycles. The number of hydrogen-bond donors (Lipinski definition) is 6. The van der Waals surface area contributed by atoms with Crippen LogP contribution in [0.15, 0.2) is 0 Å². The van der Waals surface area contributed by atoms with Gasteiger partial charge in [0.15, 0.2) is 0 Å². The molecule has 0 aliphatic carbocycles. The van der Waals surface area contributed by atoms with E-state index in [9.17, 15) is 29.1 Å². The maximum atomic E-state index is 13.1. The minimum absolute atomic E-state index is 0.207. The molecular weight excluding hydrogens is 420 g/mol. The average molecular weight is 457 g/mol. The van der Waals surface area contributed by atoms with Crippen molar-refractivity contribution < 1.29 is 29.1 Å². The van der Waals surface area contributed by atoms with Gasteiger partial charge in [-0.15, -0.1) is 0 Å². The molecule has 9 N–H and O–H groups in total. The average Bonchev–Trinajstić information content (AvgIpc) is 3.21. The first-order chi connectivity index (χ1) is 15.0. The van der Waals surface area contributed by atoms with Gasteiger partial charge in [-0.3, -0.25) is 19.2 Å². The zero-order chi connectivity index (χ0) is 24.4. The molecule has 182 valence electrons. The Bertz CT molecular complexity index is 700. The number of likely N-dealkylation sites (tertiary alicyclic amines) is 1. The fourth-order valence-corrected chi connectivity index (χ4v) is 3.49. The van der Waals surface area contributed by atoms with Gasteiger partial charge < -0.3 is 37.8 Å². The highest BCUT2D eigenvalue weighted by Gasteiger charge is 2.38. The minimum atomic E-state index is -1.32. The third kappa shape index (κ3) is 8.08. The van der Waals surface area contributed by atoms with Crippen LogP contribution >= 0.6 is 0 Å². The van der Waals surface area contributed by atoms with Gasteiger partial charge in [0, 0.05) is 6.54 Å². The lowest BCUT2D eigenvalue weighted by Crippen LogP contribution is -2.58. The summed E-state index contributed by atoms with van der Waals surface area (Å²) in [4.78, 5) is 62.5. The lowest BCUT2D eigenvalue weighted by Gasteiger charge is -2.29. The second-order valence-electron chi connectivity index (χ2n) is 8.37. The van der Waals surface area contributed by atoms with Gasteiger partial charge in [0.05, 0.1) is 12.5 Å². The van der Waals surface area contributed by atoms with E-state index in [4.69, 9.17) is 17.2 Å². The predicted molar refractivity (Wildman–Crippen MR) is 116 cm³/mol. The lowest BCUT2D eigenvalue weighted by atomic mass is 10.0. The summed E-state index contributed by atoms with van der Waals surface area (Å²) in [6.45, 7) is 4.12. The number of unbranched alkanes of at least 4 members (excludes halogenated alkanes) is 1. The Morgan fingerprint density at radius 3 is 2.22 bits per heavy atom. The van der Waals surface area contributed by atoms with Crippen molar-refractivity contribution in [2.45, 2.75) is 76.5 Å². The molecular formula is C20H36N6O6. The number of aliphatic carboxylic acids is 1. The monoisotopic (exact) mass is 456 g/mol. The Morgan fingerprint density at radius 2 is 1.69 bits per heavy atom. The fourth-order valence-electron chi connectivity index (χ4n) is 3.49. The molecule has 0 aromatic heterocycles. The maximum Gasteiger partial charge on any atom is 0.326 e. The van der Waals surface area contributed by atoms with E-state index in [-0.39, 0.29) is 18.9 Å². The molecule has 12 heteroatoms. The molecule has 12 nitrogen and oxygen atoms in total. The fraction of sp³-hybridized carbons (Fsp3) is 0.750. The number of hydrogen-bond acceptors (Lipinski definition) is 7. The molecule has 0 spiro atoms.